The van der Waals surface area contributed by atoms with Crippen molar-refractivity contribution in [2.75, 3.05) is 31.5 Å². The van der Waals surface area contributed by atoms with Crippen molar-refractivity contribution in [2.24, 2.45) is 0 Å². The number of benzene rings is 2. The minimum Gasteiger partial charge on any atom is -0.354 e. The first-order chi connectivity index (χ1) is 16.5. The highest BCUT2D eigenvalue weighted by atomic mass is 32.2. The van der Waals surface area contributed by atoms with E-state index in [0.717, 1.165) is 38.6 Å². The highest BCUT2D eigenvalue weighted by molar-refractivity contribution is 7.90. The number of carbonyl (C=O) groups is 2. The third-order valence-corrected chi connectivity index (χ3v) is 7.54. The van der Waals surface area contributed by atoms with Crippen molar-refractivity contribution >= 4 is 27.7 Å². The third-order valence-electron chi connectivity index (χ3n) is 5.74. The molecule has 0 aliphatic heterocycles. The monoisotopic (exact) mass is 506 g/mol. The Morgan fingerprint density at radius 1 is 1.06 bits per heavy atom. The van der Waals surface area contributed by atoms with E-state index in [1.165, 1.54) is 37.2 Å². The van der Waals surface area contributed by atoms with Gasteiger partial charge in [-0.1, -0.05) is 49.7 Å². The van der Waals surface area contributed by atoms with Crippen LogP contribution in [0.2, 0.25) is 0 Å². The normalized spacial score (nSPS) is 12.3. The molecule has 10 heteroatoms. The van der Waals surface area contributed by atoms with Crippen LogP contribution < -0.4 is 9.62 Å². The van der Waals surface area contributed by atoms with Crippen molar-refractivity contribution in [2.45, 2.75) is 46.2 Å². The van der Waals surface area contributed by atoms with Crippen molar-refractivity contribution in [3.8, 4) is 0 Å². The Bertz CT molecular complexity index is 1120. The minimum absolute atomic E-state index is 0.0982. The molecule has 0 aromatic heterocycles. The molecule has 0 saturated carbocycles. The molecule has 2 amide bonds. The van der Waals surface area contributed by atoms with Gasteiger partial charge >= 0.3 is 10.2 Å². The number of anilines is 1. The molecule has 0 fully saturated rings. The van der Waals surface area contributed by atoms with Crippen LogP contribution in [0, 0.1) is 12.7 Å². The number of rotatable bonds is 12. The fourth-order valence-corrected chi connectivity index (χ4v) is 4.51. The molecule has 0 aliphatic rings. The molecule has 2 aromatic rings. The van der Waals surface area contributed by atoms with Crippen LogP contribution >= 0.6 is 0 Å². The van der Waals surface area contributed by atoms with E-state index < -0.39 is 34.5 Å². The average Bonchev–Trinajstić information content (AvgIpc) is 2.82. The minimum atomic E-state index is -4.21. The van der Waals surface area contributed by atoms with Gasteiger partial charge in [0.25, 0.3) is 0 Å². The van der Waals surface area contributed by atoms with Crippen LogP contribution in [0.4, 0.5) is 10.1 Å². The lowest BCUT2D eigenvalue weighted by Gasteiger charge is -2.33. The van der Waals surface area contributed by atoms with Gasteiger partial charge in [-0.2, -0.15) is 12.7 Å². The molecule has 0 unspecified atom stereocenters. The van der Waals surface area contributed by atoms with Gasteiger partial charge in [0.2, 0.25) is 11.8 Å². The largest absolute Gasteiger partial charge is 0.354 e. The third kappa shape index (κ3) is 7.25. The lowest BCUT2D eigenvalue weighted by Crippen LogP contribution is -2.52. The molecule has 1 N–H and O–H groups in total. The number of halogens is 1. The van der Waals surface area contributed by atoms with Gasteiger partial charge in [0.05, 0.1) is 5.69 Å². The highest BCUT2D eigenvalue weighted by Crippen LogP contribution is 2.24. The van der Waals surface area contributed by atoms with E-state index in [4.69, 9.17) is 0 Å². The van der Waals surface area contributed by atoms with E-state index in [0.29, 0.717) is 6.54 Å². The van der Waals surface area contributed by atoms with Gasteiger partial charge in [-0.25, -0.2) is 8.70 Å². The molecule has 2 aromatic carbocycles. The number of para-hydroxylation sites is 1. The zero-order valence-corrected chi connectivity index (χ0v) is 21.8. The number of hydrogen-bond acceptors (Lipinski definition) is 4. The maximum absolute atomic E-state index is 14.6. The summed E-state index contributed by atoms with van der Waals surface area (Å²) in [6.07, 6.45) is 1.70. The Hall–Kier alpha value is -2.98. The maximum Gasteiger partial charge on any atom is 0.304 e. The zero-order chi connectivity index (χ0) is 26.2. The second-order valence-electron chi connectivity index (χ2n) is 8.52. The molecule has 192 valence electrons. The van der Waals surface area contributed by atoms with Crippen LogP contribution in [-0.2, 0) is 26.3 Å². The van der Waals surface area contributed by atoms with Crippen LogP contribution in [0.1, 0.15) is 37.8 Å². The average molecular weight is 507 g/mol. The summed E-state index contributed by atoms with van der Waals surface area (Å²) in [5, 5.41) is 2.83. The lowest BCUT2D eigenvalue weighted by molar-refractivity contribution is -0.139. The van der Waals surface area contributed by atoms with Gasteiger partial charge in [0.1, 0.15) is 18.4 Å². The summed E-state index contributed by atoms with van der Waals surface area (Å²) < 4.78 is 42.4. The topological polar surface area (TPSA) is 90.0 Å². The van der Waals surface area contributed by atoms with E-state index in [1.807, 2.05) is 38.1 Å². The first-order valence-corrected chi connectivity index (χ1v) is 13.0. The molecular weight excluding hydrogens is 471 g/mol. The summed E-state index contributed by atoms with van der Waals surface area (Å²) in [6.45, 7) is 5.41. The number of unbranched alkanes of at least 4 members (excludes halogenated alkanes) is 1. The van der Waals surface area contributed by atoms with Crippen LogP contribution in [0.15, 0.2) is 48.5 Å². The molecule has 0 heterocycles. The first kappa shape index (κ1) is 28.3. The van der Waals surface area contributed by atoms with Crippen molar-refractivity contribution in [3.63, 3.8) is 0 Å². The fourth-order valence-electron chi connectivity index (χ4n) is 3.45. The molecule has 0 aliphatic carbocycles. The summed E-state index contributed by atoms with van der Waals surface area (Å²) >= 11 is 0. The number of carbonyl (C=O) groups excluding carboxylic acids is 2. The summed E-state index contributed by atoms with van der Waals surface area (Å²) in [6, 6.07) is 11.9. The molecule has 8 nitrogen and oxygen atoms in total. The highest BCUT2D eigenvalue weighted by Gasteiger charge is 2.33. The molecule has 2 rings (SSSR count). The Morgan fingerprint density at radius 3 is 2.29 bits per heavy atom. The van der Waals surface area contributed by atoms with E-state index in [2.05, 4.69) is 5.32 Å². The standard InChI is InChI=1S/C25H35FN4O4S/c1-6-7-16-27-25(32)20(3)29(17-21-13-9-8-12-19(21)2)24(31)18-30(35(33,34)28(4)5)23-15-11-10-14-22(23)26/h8-15,20H,6-7,16-18H2,1-5H3,(H,27,32)/t20-/m0/s1. The molecule has 0 spiro atoms. The van der Waals surface area contributed by atoms with Crippen molar-refractivity contribution in [1.82, 2.24) is 14.5 Å². The SMILES string of the molecule is CCCCNC(=O)[C@H](C)N(Cc1ccccc1C)C(=O)CN(c1ccccc1F)S(=O)(=O)N(C)C. The maximum atomic E-state index is 14.6. The second kappa shape index (κ2) is 12.6. The molecule has 0 radical (unpaired) electrons. The van der Waals surface area contributed by atoms with Gasteiger partial charge in [-0.05, 0) is 43.5 Å². The molecule has 0 bridgehead atoms. The second-order valence-corrected chi connectivity index (χ2v) is 10.6. The summed E-state index contributed by atoms with van der Waals surface area (Å²) in [4.78, 5) is 27.8. The van der Waals surface area contributed by atoms with E-state index in [9.17, 15) is 22.4 Å². The number of nitrogens with zero attached hydrogens (tertiary/aromatic N) is 3. The fraction of sp³-hybridized carbons (Fsp3) is 0.440. The van der Waals surface area contributed by atoms with Gasteiger partial charge < -0.3 is 10.2 Å². The first-order valence-electron chi connectivity index (χ1n) is 11.6. The molecular formula is C25H35FN4O4S. The van der Waals surface area contributed by atoms with Gasteiger partial charge in [-0.3, -0.25) is 9.59 Å². The lowest BCUT2D eigenvalue weighted by atomic mass is 10.1. The van der Waals surface area contributed by atoms with E-state index in [-0.39, 0.29) is 18.1 Å². The van der Waals surface area contributed by atoms with Gasteiger partial charge in [0.15, 0.2) is 0 Å². The smallest absolute Gasteiger partial charge is 0.304 e. The predicted octanol–water partition coefficient (Wildman–Crippen LogP) is 3.08. The number of nitrogens with one attached hydrogen (secondary N) is 1. The molecule has 0 saturated heterocycles. The number of aryl methyl sites for hydroxylation is 1. The van der Waals surface area contributed by atoms with Crippen LogP contribution in [0.25, 0.3) is 0 Å². The molecule has 1 atom stereocenters. The Labute approximate surface area is 207 Å². The Balaban J connectivity index is 2.44. The number of amides is 2. The van der Waals surface area contributed by atoms with Crippen molar-refractivity contribution < 1.29 is 22.4 Å². The predicted molar refractivity (Wildman–Crippen MR) is 135 cm³/mol. The Kier molecular flexibility index (Phi) is 10.2. The van der Waals surface area contributed by atoms with Gasteiger partial charge in [0, 0.05) is 27.2 Å². The van der Waals surface area contributed by atoms with E-state index in [1.54, 1.807) is 6.92 Å². The summed E-state index contributed by atoms with van der Waals surface area (Å²) in [5.74, 6) is -1.74. The van der Waals surface area contributed by atoms with Crippen molar-refractivity contribution in [3.05, 3.63) is 65.5 Å². The van der Waals surface area contributed by atoms with Crippen LogP contribution in [-0.4, -0.2) is 62.7 Å². The molecule has 35 heavy (non-hydrogen) atoms. The van der Waals surface area contributed by atoms with Crippen LogP contribution in [0.3, 0.4) is 0 Å². The van der Waals surface area contributed by atoms with Gasteiger partial charge in [-0.15, -0.1) is 0 Å². The quantitative estimate of drug-likeness (QED) is 0.448. The summed E-state index contributed by atoms with van der Waals surface area (Å²) in [5.41, 5.74) is 1.50. The zero-order valence-electron chi connectivity index (χ0n) is 21.0. The Morgan fingerprint density at radius 2 is 1.69 bits per heavy atom. The van der Waals surface area contributed by atoms with Crippen molar-refractivity contribution in [1.29, 1.82) is 0 Å². The summed E-state index contributed by atoms with van der Waals surface area (Å²) in [7, 11) is -1.59. The number of hydrogen-bond donors (Lipinski definition) is 1. The van der Waals surface area contributed by atoms with Crippen LogP contribution in [0.5, 0.6) is 0 Å². The van der Waals surface area contributed by atoms with E-state index >= 15 is 0 Å².